The Kier molecular flexibility index (Phi) is 3.59. The van der Waals surface area contributed by atoms with Gasteiger partial charge in [-0.2, -0.15) is 0 Å². The SMILES string of the molecule is CCNC(C)/C(C)=C/c1cn2ccccc2n1. The minimum absolute atomic E-state index is 0.393. The highest BCUT2D eigenvalue weighted by molar-refractivity contribution is 5.54. The zero-order chi connectivity index (χ0) is 12.3. The van der Waals surface area contributed by atoms with Gasteiger partial charge in [-0.05, 0) is 38.6 Å². The van der Waals surface area contributed by atoms with Gasteiger partial charge >= 0.3 is 0 Å². The van der Waals surface area contributed by atoms with Crippen molar-refractivity contribution in [3.63, 3.8) is 0 Å². The lowest BCUT2D eigenvalue weighted by Crippen LogP contribution is -2.26. The minimum Gasteiger partial charge on any atom is -0.311 e. The highest BCUT2D eigenvalue weighted by atomic mass is 15.0. The summed E-state index contributed by atoms with van der Waals surface area (Å²) in [7, 11) is 0. The van der Waals surface area contributed by atoms with Gasteiger partial charge < -0.3 is 9.72 Å². The van der Waals surface area contributed by atoms with Gasteiger partial charge in [0.1, 0.15) is 5.65 Å². The number of hydrogen-bond acceptors (Lipinski definition) is 2. The molecule has 3 nitrogen and oxygen atoms in total. The van der Waals surface area contributed by atoms with Gasteiger partial charge in [-0.25, -0.2) is 4.98 Å². The number of nitrogens with zero attached hydrogens (tertiary/aromatic N) is 2. The number of nitrogens with one attached hydrogen (secondary N) is 1. The van der Waals surface area contributed by atoms with Gasteiger partial charge in [-0.1, -0.05) is 18.6 Å². The topological polar surface area (TPSA) is 29.3 Å². The normalized spacial score (nSPS) is 14.2. The highest BCUT2D eigenvalue weighted by Gasteiger charge is 2.03. The third kappa shape index (κ3) is 2.74. The maximum Gasteiger partial charge on any atom is 0.137 e. The Labute approximate surface area is 102 Å². The fraction of sp³-hybridized carbons (Fsp3) is 0.357. The van der Waals surface area contributed by atoms with Crippen LogP contribution >= 0.6 is 0 Å². The number of aromatic nitrogens is 2. The van der Waals surface area contributed by atoms with E-state index in [0.29, 0.717) is 6.04 Å². The van der Waals surface area contributed by atoms with Crippen LogP contribution in [0, 0.1) is 0 Å². The molecule has 0 aliphatic rings. The first-order chi connectivity index (χ1) is 8.20. The number of fused-ring (bicyclic) bond motifs is 1. The Morgan fingerprint density at radius 3 is 3.06 bits per heavy atom. The van der Waals surface area contributed by atoms with Gasteiger partial charge in [0.05, 0.1) is 5.69 Å². The van der Waals surface area contributed by atoms with Crippen LogP contribution < -0.4 is 5.32 Å². The highest BCUT2D eigenvalue weighted by Crippen LogP contribution is 2.10. The molecule has 17 heavy (non-hydrogen) atoms. The summed E-state index contributed by atoms with van der Waals surface area (Å²) in [5.41, 5.74) is 3.30. The monoisotopic (exact) mass is 229 g/mol. The van der Waals surface area contributed by atoms with Crippen LogP contribution in [-0.4, -0.2) is 22.0 Å². The molecule has 2 rings (SSSR count). The zero-order valence-electron chi connectivity index (χ0n) is 10.6. The summed E-state index contributed by atoms with van der Waals surface area (Å²) < 4.78 is 2.04. The largest absolute Gasteiger partial charge is 0.311 e. The first kappa shape index (κ1) is 11.9. The Morgan fingerprint density at radius 1 is 1.53 bits per heavy atom. The molecule has 90 valence electrons. The molecule has 0 aliphatic heterocycles. The van der Waals surface area contributed by atoms with Crippen molar-refractivity contribution < 1.29 is 0 Å². The Morgan fingerprint density at radius 2 is 2.35 bits per heavy atom. The van der Waals surface area contributed by atoms with Gasteiger partial charge in [-0.15, -0.1) is 0 Å². The van der Waals surface area contributed by atoms with E-state index in [1.54, 1.807) is 0 Å². The zero-order valence-corrected chi connectivity index (χ0v) is 10.6. The van der Waals surface area contributed by atoms with Gasteiger partial charge in [0.15, 0.2) is 0 Å². The first-order valence-electron chi connectivity index (χ1n) is 6.06. The summed E-state index contributed by atoms with van der Waals surface area (Å²) in [5.74, 6) is 0. The van der Waals surface area contributed by atoms with Crippen molar-refractivity contribution in [1.82, 2.24) is 14.7 Å². The average Bonchev–Trinajstić information content (AvgIpc) is 2.71. The van der Waals surface area contributed by atoms with Crippen molar-refractivity contribution in [3.8, 4) is 0 Å². The number of hydrogen-bond donors (Lipinski definition) is 1. The average molecular weight is 229 g/mol. The van der Waals surface area contributed by atoms with Crippen LogP contribution in [0.15, 0.2) is 36.2 Å². The summed E-state index contributed by atoms with van der Waals surface area (Å²) in [6, 6.07) is 6.42. The lowest BCUT2D eigenvalue weighted by Gasteiger charge is -2.12. The maximum atomic E-state index is 4.55. The van der Waals surface area contributed by atoms with Crippen molar-refractivity contribution in [2.45, 2.75) is 26.8 Å². The molecule has 0 amide bonds. The van der Waals surface area contributed by atoms with Gasteiger partial charge in [0.25, 0.3) is 0 Å². The van der Waals surface area contributed by atoms with E-state index in [1.165, 1.54) is 5.57 Å². The maximum absolute atomic E-state index is 4.55. The predicted octanol–water partition coefficient (Wildman–Crippen LogP) is 2.74. The lowest BCUT2D eigenvalue weighted by atomic mass is 10.1. The molecule has 0 spiro atoms. The molecular formula is C14H19N3. The molecule has 3 heteroatoms. The molecule has 0 radical (unpaired) electrons. The second-order valence-electron chi connectivity index (χ2n) is 4.30. The third-order valence-electron chi connectivity index (χ3n) is 2.95. The quantitative estimate of drug-likeness (QED) is 0.873. The first-order valence-corrected chi connectivity index (χ1v) is 6.06. The molecule has 0 saturated heterocycles. The van der Waals surface area contributed by atoms with Gasteiger partial charge in [0.2, 0.25) is 0 Å². The van der Waals surface area contributed by atoms with E-state index >= 15 is 0 Å². The number of imidazole rings is 1. The molecule has 0 fully saturated rings. The molecule has 0 bridgehead atoms. The van der Waals surface area contributed by atoms with E-state index in [1.807, 2.05) is 28.8 Å². The molecule has 0 saturated carbocycles. The van der Waals surface area contributed by atoms with Crippen LogP contribution in [-0.2, 0) is 0 Å². The Balaban J connectivity index is 2.25. The Bertz CT molecular complexity index is 492. The Hall–Kier alpha value is -1.61. The fourth-order valence-corrected chi connectivity index (χ4v) is 1.85. The second kappa shape index (κ2) is 5.15. The van der Waals surface area contributed by atoms with Crippen LogP contribution in [0.2, 0.25) is 0 Å². The smallest absolute Gasteiger partial charge is 0.137 e. The molecule has 0 aromatic carbocycles. The fourth-order valence-electron chi connectivity index (χ4n) is 1.85. The summed E-state index contributed by atoms with van der Waals surface area (Å²) >= 11 is 0. The summed E-state index contributed by atoms with van der Waals surface area (Å²) in [5, 5.41) is 3.40. The summed E-state index contributed by atoms with van der Waals surface area (Å²) in [4.78, 5) is 4.55. The summed E-state index contributed by atoms with van der Waals surface area (Å²) in [6.07, 6.45) is 6.21. The van der Waals surface area contributed by atoms with Crippen LogP contribution in [0.25, 0.3) is 11.7 Å². The molecule has 2 aromatic rings. The van der Waals surface area contributed by atoms with E-state index in [9.17, 15) is 0 Å². The standard InChI is InChI=1S/C14H19N3/c1-4-15-12(3)11(2)9-13-10-17-8-6-5-7-14(17)16-13/h5-10,12,15H,4H2,1-3H3/b11-9+. The van der Waals surface area contributed by atoms with E-state index < -0.39 is 0 Å². The van der Waals surface area contributed by atoms with Crippen LogP contribution in [0.5, 0.6) is 0 Å². The van der Waals surface area contributed by atoms with Crippen molar-refractivity contribution in [3.05, 3.63) is 41.9 Å². The van der Waals surface area contributed by atoms with E-state index in [2.05, 4.69) is 43.3 Å². The molecule has 1 N–H and O–H groups in total. The lowest BCUT2D eigenvalue weighted by molar-refractivity contribution is 0.636. The molecule has 0 aliphatic carbocycles. The van der Waals surface area contributed by atoms with Gasteiger partial charge in [0, 0.05) is 18.4 Å². The number of rotatable bonds is 4. The van der Waals surface area contributed by atoms with Crippen molar-refractivity contribution >= 4 is 11.7 Å². The van der Waals surface area contributed by atoms with Crippen molar-refractivity contribution in [1.29, 1.82) is 0 Å². The molecule has 1 atom stereocenters. The second-order valence-corrected chi connectivity index (χ2v) is 4.30. The van der Waals surface area contributed by atoms with Gasteiger partial charge in [-0.3, -0.25) is 0 Å². The van der Waals surface area contributed by atoms with Crippen molar-refractivity contribution in [2.75, 3.05) is 6.54 Å². The molecule has 2 heterocycles. The van der Waals surface area contributed by atoms with E-state index in [4.69, 9.17) is 0 Å². The summed E-state index contributed by atoms with van der Waals surface area (Å²) in [6.45, 7) is 7.41. The molecule has 1 unspecified atom stereocenters. The van der Waals surface area contributed by atoms with Crippen LogP contribution in [0.3, 0.4) is 0 Å². The van der Waals surface area contributed by atoms with Crippen LogP contribution in [0.1, 0.15) is 26.5 Å². The van der Waals surface area contributed by atoms with E-state index in [-0.39, 0.29) is 0 Å². The minimum atomic E-state index is 0.393. The van der Waals surface area contributed by atoms with E-state index in [0.717, 1.165) is 17.9 Å². The number of likely N-dealkylation sites (N-methyl/N-ethyl adjacent to an activating group) is 1. The molecule has 2 aromatic heterocycles. The van der Waals surface area contributed by atoms with Crippen LogP contribution in [0.4, 0.5) is 0 Å². The van der Waals surface area contributed by atoms with Crippen molar-refractivity contribution in [2.24, 2.45) is 0 Å². The predicted molar refractivity (Wildman–Crippen MR) is 72.0 cm³/mol. The number of pyridine rings is 1. The molecular weight excluding hydrogens is 210 g/mol. The third-order valence-corrected chi connectivity index (χ3v) is 2.95.